The van der Waals surface area contributed by atoms with Gasteiger partial charge in [-0.1, -0.05) is 0 Å². The fraction of sp³-hybridized carbons (Fsp3) is 0.500. The molecule has 0 spiro atoms. The van der Waals surface area contributed by atoms with E-state index in [2.05, 4.69) is 0 Å². The van der Waals surface area contributed by atoms with E-state index in [4.69, 9.17) is 5.11 Å². The van der Waals surface area contributed by atoms with Crippen molar-refractivity contribution >= 4 is 16.0 Å². The summed E-state index contributed by atoms with van der Waals surface area (Å²) in [4.78, 5) is 33.4. The molecule has 0 aliphatic rings. The van der Waals surface area contributed by atoms with Crippen LogP contribution in [-0.4, -0.2) is 45.9 Å². The molecule has 3 N–H and O–H groups in total. The van der Waals surface area contributed by atoms with Crippen LogP contribution < -0.4 is 16.0 Å². The number of aliphatic carboxylic acids is 1. The molecular formula is C10H15N3O7S. The highest BCUT2D eigenvalue weighted by molar-refractivity contribution is 7.89. The second-order valence-electron chi connectivity index (χ2n) is 4.43. The molecule has 21 heavy (non-hydrogen) atoms. The summed E-state index contributed by atoms with van der Waals surface area (Å²) in [5.74, 6) is -1.60. The molecule has 0 radical (unpaired) electrons. The summed E-state index contributed by atoms with van der Waals surface area (Å²) in [6.07, 6.45) is -0.734. The standard InChI is InChI=1S/C10H15N3O7S/c1-5(14)7(9(16)17)11-21(19,20)6-4-12(2)10(18)13(3)8(6)15/h4-5,7,11,14H,1-3H3,(H,16,17). The minimum atomic E-state index is -4.53. The predicted molar refractivity (Wildman–Crippen MR) is 70.4 cm³/mol. The van der Waals surface area contributed by atoms with Gasteiger partial charge in [0.2, 0.25) is 10.0 Å². The van der Waals surface area contributed by atoms with Crippen LogP contribution in [0.2, 0.25) is 0 Å². The van der Waals surface area contributed by atoms with Crippen LogP contribution in [0, 0.1) is 0 Å². The highest BCUT2D eigenvalue weighted by Gasteiger charge is 2.31. The van der Waals surface area contributed by atoms with Crippen LogP contribution in [0.3, 0.4) is 0 Å². The van der Waals surface area contributed by atoms with E-state index in [1.807, 2.05) is 0 Å². The van der Waals surface area contributed by atoms with Crippen LogP contribution in [0.5, 0.6) is 0 Å². The van der Waals surface area contributed by atoms with Crippen LogP contribution in [-0.2, 0) is 28.9 Å². The maximum Gasteiger partial charge on any atom is 0.330 e. The smallest absolute Gasteiger partial charge is 0.330 e. The van der Waals surface area contributed by atoms with Crippen molar-refractivity contribution in [3.8, 4) is 0 Å². The SMILES string of the molecule is CC(O)C(NS(=O)(=O)c1cn(C)c(=O)n(C)c1=O)C(=O)O. The average Bonchev–Trinajstić information content (AvgIpc) is 2.37. The summed E-state index contributed by atoms with van der Waals surface area (Å²) in [5.41, 5.74) is -1.83. The summed E-state index contributed by atoms with van der Waals surface area (Å²) in [6.45, 7) is 1.08. The lowest BCUT2D eigenvalue weighted by Crippen LogP contribution is -2.49. The van der Waals surface area contributed by atoms with Gasteiger partial charge in [0.15, 0.2) is 4.90 Å². The fourth-order valence-corrected chi connectivity index (χ4v) is 2.97. The molecule has 0 aliphatic carbocycles. The minimum Gasteiger partial charge on any atom is -0.480 e. The van der Waals surface area contributed by atoms with E-state index in [-0.39, 0.29) is 0 Å². The van der Waals surface area contributed by atoms with Gasteiger partial charge in [0.25, 0.3) is 5.56 Å². The summed E-state index contributed by atoms with van der Waals surface area (Å²) in [6, 6.07) is -1.82. The average molecular weight is 321 g/mol. The minimum absolute atomic E-state index is 0.576. The predicted octanol–water partition coefficient (Wildman–Crippen LogP) is -2.80. The highest BCUT2D eigenvalue weighted by atomic mass is 32.2. The van der Waals surface area contributed by atoms with Crippen molar-refractivity contribution in [3.63, 3.8) is 0 Å². The Kier molecular flexibility index (Phi) is 4.71. The summed E-state index contributed by atoms with van der Waals surface area (Å²) in [7, 11) is -2.20. The van der Waals surface area contributed by atoms with E-state index in [0.29, 0.717) is 4.57 Å². The third-order valence-electron chi connectivity index (χ3n) is 2.74. The number of aliphatic hydroxyl groups is 1. The van der Waals surface area contributed by atoms with Crippen LogP contribution in [0.25, 0.3) is 0 Å². The lowest BCUT2D eigenvalue weighted by atomic mass is 10.2. The van der Waals surface area contributed by atoms with E-state index >= 15 is 0 Å². The number of nitrogens with zero attached hydrogens (tertiary/aromatic N) is 2. The number of aliphatic hydroxyl groups excluding tert-OH is 1. The Hall–Kier alpha value is -1.98. The van der Waals surface area contributed by atoms with Gasteiger partial charge in [0, 0.05) is 20.3 Å². The van der Waals surface area contributed by atoms with Crippen molar-refractivity contribution < 1.29 is 23.4 Å². The van der Waals surface area contributed by atoms with Gasteiger partial charge in [-0.25, -0.2) is 13.2 Å². The molecule has 2 atom stereocenters. The van der Waals surface area contributed by atoms with Crippen molar-refractivity contribution in [1.29, 1.82) is 0 Å². The first-order valence-corrected chi connectivity index (χ1v) is 7.17. The van der Waals surface area contributed by atoms with Gasteiger partial charge in [-0.05, 0) is 6.92 Å². The van der Waals surface area contributed by atoms with Gasteiger partial charge in [-0.2, -0.15) is 4.72 Å². The second kappa shape index (κ2) is 5.79. The molecule has 0 amide bonds. The molecule has 0 fully saturated rings. The molecule has 0 aliphatic heterocycles. The molecule has 11 heteroatoms. The zero-order chi connectivity index (χ0) is 16.5. The Balaban J connectivity index is 3.43. The number of nitrogens with one attached hydrogen (secondary N) is 1. The first-order chi connectivity index (χ1) is 9.49. The molecule has 0 saturated carbocycles. The van der Waals surface area contributed by atoms with Gasteiger partial charge >= 0.3 is 11.7 Å². The van der Waals surface area contributed by atoms with Crippen molar-refractivity contribution in [2.24, 2.45) is 14.1 Å². The van der Waals surface area contributed by atoms with Crippen LogP contribution in [0.15, 0.2) is 20.7 Å². The highest BCUT2D eigenvalue weighted by Crippen LogP contribution is 2.04. The first kappa shape index (κ1) is 17.1. The van der Waals surface area contributed by atoms with Crippen molar-refractivity contribution in [2.45, 2.75) is 24.0 Å². The van der Waals surface area contributed by atoms with Crippen molar-refractivity contribution in [1.82, 2.24) is 13.9 Å². The zero-order valence-corrected chi connectivity index (χ0v) is 12.3. The Labute approximate surface area is 119 Å². The molecule has 0 saturated heterocycles. The largest absolute Gasteiger partial charge is 0.480 e. The Morgan fingerprint density at radius 2 is 1.86 bits per heavy atom. The third-order valence-corrected chi connectivity index (χ3v) is 4.16. The number of rotatable bonds is 5. The molecule has 118 valence electrons. The molecule has 1 aromatic rings. The van der Waals surface area contributed by atoms with Gasteiger partial charge < -0.3 is 14.8 Å². The summed E-state index contributed by atoms with van der Waals surface area (Å²) < 4.78 is 27.3. The molecule has 1 aromatic heterocycles. The van der Waals surface area contributed by atoms with Crippen molar-refractivity contribution in [2.75, 3.05) is 0 Å². The van der Waals surface area contributed by atoms with Gasteiger partial charge in [0.05, 0.1) is 6.10 Å². The number of carbonyl (C=O) groups is 1. The molecule has 1 heterocycles. The summed E-state index contributed by atoms with van der Waals surface area (Å²) in [5, 5.41) is 18.1. The van der Waals surface area contributed by atoms with Gasteiger partial charge in [-0.15, -0.1) is 0 Å². The van der Waals surface area contributed by atoms with Crippen molar-refractivity contribution in [3.05, 3.63) is 27.0 Å². The normalized spacial score (nSPS) is 14.7. The quantitative estimate of drug-likeness (QED) is 0.530. The van der Waals surface area contributed by atoms with E-state index < -0.39 is 44.3 Å². The number of aryl methyl sites for hydroxylation is 1. The number of aromatic nitrogens is 2. The van der Waals surface area contributed by atoms with Crippen LogP contribution in [0.4, 0.5) is 0 Å². The molecule has 0 aromatic carbocycles. The molecular weight excluding hydrogens is 306 g/mol. The molecule has 1 rings (SSSR count). The first-order valence-electron chi connectivity index (χ1n) is 5.69. The Morgan fingerprint density at radius 1 is 1.33 bits per heavy atom. The zero-order valence-electron chi connectivity index (χ0n) is 11.5. The lowest BCUT2D eigenvalue weighted by Gasteiger charge is -2.17. The second-order valence-corrected chi connectivity index (χ2v) is 6.11. The molecule has 2 unspecified atom stereocenters. The van der Waals surface area contributed by atoms with E-state index in [1.54, 1.807) is 4.72 Å². The maximum absolute atomic E-state index is 12.1. The Bertz CT molecular complexity index is 775. The van der Waals surface area contributed by atoms with Gasteiger partial charge in [0.1, 0.15) is 6.04 Å². The van der Waals surface area contributed by atoms with Crippen LogP contribution in [0.1, 0.15) is 6.92 Å². The number of carboxylic acids is 1. The topological polar surface area (TPSA) is 148 Å². The number of hydrogen-bond acceptors (Lipinski definition) is 6. The van der Waals surface area contributed by atoms with Gasteiger partial charge in [-0.3, -0.25) is 14.2 Å². The number of hydrogen-bond donors (Lipinski definition) is 3. The molecule has 0 bridgehead atoms. The molecule has 10 nitrogen and oxygen atoms in total. The van der Waals surface area contributed by atoms with Crippen LogP contribution >= 0.6 is 0 Å². The third kappa shape index (κ3) is 3.37. The fourth-order valence-electron chi connectivity index (χ4n) is 1.55. The monoisotopic (exact) mass is 321 g/mol. The van der Waals surface area contributed by atoms with E-state index in [0.717, 1.165) is 24.7 Å². The lowest BCUT2D eigenvalue weighted by molar-refractivity contribution is -0.141. The number of carboxylic acid groups (broad SMARTS) is 1. The Morgan fingerprint density at radius 3 is 2.29 bits per heavy atom. The van der Waals surface area contributed by atoms with E-state index in [1.165, 1.54) is 7.05 Å². The maximum atomic E-state index is 12.1. The van der Waals surface area contributed by atoms with E-state index in [9.17, 15) is 27.9 Å². The summed E-state index contributed by atoms with van der Waals surface area (Å²) >= 11 is 0. The number of sulfonamides is 1.